The summed E-state index contributed by atoms with van der Waals surface area (Å²) in [6.07, 6.45) is 1.91. The van der Waals surface area contributed by atoms with Gasteiger partial charge in [-0.3, -0.25) is 14.9 Å². The minimum atomic E-state index is -0.383. The average Bonchev–Trinajstić information content (AvgIpc) is 2.69. The first-order valence-corrected chi connectivity index (χ1v) is 9.69. The highest BCUT2D eigenvalue weighted by atomic mass is 32.1. The average molecular weight is 400 g/mol. The summed E-state index contributed by atoms with van der Waals surface area (Å²) in [5, 5.41) is 8.54. The molecule has 0 spiro atoms. The molecule has 28 heavy (non-hydrogen) atoms. The van der Waals surface area contributed by atoms with E-state index in [9.17, 15) is 9.59 Å². The zero-order chi connectivity index (χ0) is 20.4. The largest absolute Gasteiger partial charge is 0.493 e. The molecule has 0 aliphatic rings. The first-order valence-electron chi connectivity index (χ1n) is 9.28. The van der Waals surface area contributed by atoms with Crippen molar-refractivity contribution in [1.29, 1.82) is 0 Å². The smallest absolute Gasteiger partial charge is 0.261 e. The summed E-state index contributed by atoms with van der Waals surface area (Å²) in [4.78, 5) is 24.9. The van der Waals surface area contributed by atoms with Crippen molar-refractivity contribution in [2.24, 2.45) is 0 Å². The van der Waals surface area contributed by atoms with E-state index in [2.05, 4.69) is 22.9 Å². The lowest BCUT2D eigenvalue weighted by Gasteiger charge is -2.14. The quantitative estimate of drug-likeness (QED) is 0.465. The van der Waals surface area contributed by atoms with Crippen molar-refractivity contribution in [1.82, 2.24) is 10.6 Å². The Kier molecular flexibility index (Phi) is 8.42. The van der Waals surface area contributed by atoms with Crippen molar-refractivity contribution in [3.05, 3.63) is 59.7 Å². The number of carbonyl (C=O) groups excluding carboxylic acids is 2. The molecule has 0 aromatic heterocycles. The standard InChI is InChI=1S/C21H25N3O3S/c1-3-5-14-22-19(25)15-10-6-8-12-17(15)23-21(28)24-20(26)16-11-7-9-13-18(16)27-4-2/h6-13H,3-5,14H2,1-2H3,(H,22,25)(H2,23,24,26,28). The predicted molar refractivity (Wildman–Crippen MR) is 115 cm³/mol. The molecule has 0 aliphatic carbocycles. The van der Waals surface area contributed by atoms with Crippen LogP contribution in [0.1, 0.15) is 47.4 Å². The second-order valence-corrected chi connectivity index (χ2v) is 6.40. The molecule has 0 fully saturated rings. The van der Waals surface area contributed by atoms with Crippen molar-refractivity contribution in [3.63, 3.8) is 0 Å². The normalized spacial score (nSPS) is 10.1. The van der Waals surface area contributed by atoms with Gasteiger partial charge in [-0.25, -0.2) is 0 Å². The van der Waals surface area contributed by atoms with Crippen LogP contribution in [-0.4, -0.2) is 30.1 Å². The van der Waals surface area contributed by atoms with Gasteiger partial charge in [-0.05, 0) is 49.8 Å². The monoisotopic (exact) mass is 399 g/mol. The topological polar surface area (TPSA) is 79.5 Å². The highest BCUT2D eigenvalue weighted by Crippen LogP contribution is 2.18. The number of rotatable bonds is 8. The van der Waals surface area contributed by atoms with E-state index in [4.69, 9.17) is 17.0 Å². The Bertz CT molecular complexity index is 839. The summed E-state index contributed by atoms with van der Waals surface area (Å²) in [7, 11) is 0. The molecule has 6 nitrogen and oxygen atoms in total. The summed E-state index contributed by atoms with van der Waals surface area (Å²) >= 11 is 5.26. The van der Waals surface area contributed by atoms with Crippen molar-refractivity contribution >= 4 is 34.8 Å². The van der Waals surface area contributed by atoms with Crippen LogP contribution in [0.5, 0.6) is 5.75 Å². The van der Waals surface area contributed by atoms with E-state index in [0.717, 1.165) is 12.8 Å². The Morgan fingerprint density at radius 1 is 0.964 bits per heavy atom. The molecule has 148 valence electrons. The predicted octanol–water partition coefficient (Wildman–Crippen LogP) is 3.74. The highest BCUT2D eigenvalue weighted by Gasteiger charge is 2.15. The molecule has 0 aliphatic heterocycles. The van der Waals surface area contributed by atoms with Gasteiger partial charge < -0.3 is 15.4 Å². The van der Waals surface area contributed by atoms with E-state index >= 15 is 0 Å². The molecular weight excluding hydrogens is 374 g/mol. The van der Waals surface area contributed by atoms with Crippen molar-refractivity contribution in [3.8, 4) is 5.75 Å². The van der Waals surface area contributed by atoms with Gasteiger partial charge in [0.05, 0.1) is 23.4 Å². The molecule has 0 saturated carbocycles. The van der Waals surface area contributed by atoms with Gasteiger partial charge in [0.1, 0.15) is 5.75 Å². The van der Waals surface area contributed by atoms with Gasteiger partial charge >= 0.3 is 0 Å². The molecule has 2 aromatic rings. The van der Waals surface area contributed by atoms with Crippen LogP contribution in [0, 0.1) is 0 Å². The number of benzene rings is 2. The minimum Gasteiger partial charge on any atom is -0.493 e. The second kappa shape index (κ2) is 11.0. The summed E-state index contributed by atoms with van der Waals surface area (Å²) in [6.45, 7) is 4.97. The number of thiocarbonyl (C=S) groups is 1. The maximum Gasteiger partial charge on any atom is 0.261 e. The minimum absolute atomic E-state index is 0.102. The van der Waals surface area contributed by atoms with Crippen LogP contribution >= 0.6 is 12.2 Å². The van der Waals surface area contributed by atoms with E-state index in [1.807, 2.05) is 6.92 Å². The van der Waals surface area contributed by atoms with Crippen molar-refractivity contribution in [2.45, 2.75) is 26.7 Å². The second-order valence-electron chi connectivity index (χ2n) is 5.99. The van der Waals surface area contributed by atoms with E-state index in [1.165, 1.54) is 0 Å². The van der Waals surface area contributed by atoms with Crippen LogP contribution in [0.15, 0.2) is 48.5 Å². The maximum atomic E-state index is 12.5. The summed E-state index contributed by atoms with van der Waals surface area (Å²) < 4.78 is 5.48. The van der Waals surface area contributed by atoms with Crippen molar-refractivity contribution in [2.75, 3.05) is 18.5 Å². The molecule has 0 saturated heterocycles. The number of unbranched alkanes of at least 4 members (excludes halogenated alkanes) is 1. The van der Waals surface area contributed by atoms with Gasteiger partial charge in [0.2, 0.25) is 0 Å². The number of nitrogens with one attached hydrogen (secondary N) is 3. The molecule has 7 heteroatoms. The third-order valence-corrected chi connectivity index (χ3v) is 4.10. The van der Waals surface area contributed by atoms with Crippen LogP contribution in [-0.2, 0) is 0 Å². The van der Waals surface area contributed by atoms with Crippen LogP contribution in [0.4, 0.5) is 5.69 Å². The zero-order valence-corrected chi connectivity index (χ0v) is 16.9. The third-order valence-electron chi connectivity index (χ3n) is 3.89. The molecule has 0 heterocycles. The van der Waals surface area contributed by atoms with Crippen LogP contribution in [0.3, 0.4) is 0 Å². The van der Waals surface area contributed by atoms with Gasteiger partial charge in [0, 0.05) is 6.54 Å². The Balaban J connectivity index is 2.05. The molecule has 2 aromatic carbocycles. The van der Waals surface area contributed by atoms with E-state index in [-0.39, 0.29) is 16.9 Å². The number of hydrogen-bond acceptors (Lipinski definition) is 4. The zero-order valence-electron chi connectivity index (χ0n) is 16.1. The van der Waals surface area contributed by atoms with Crippen molar-refractivity contribution < 1.29 is 14.3 Å². The van der Waals surface area contributed by atoms with E-state index in [1.54, 1.807) is 48.5 Å². The molecule has 0 bridgehead atoms. The molecule has 2 rings (SSSR count). The summed E-state index contributed by atoms with van der Waals surface area (Å²) in [5.41, 5.74) is 1.38. The number of anilines is 1. The van der Waals surface area contributed by atoms with Crippen LogP contribution in [0.2, 0.25) is 0 Å². The molecule has 0 radical (unpaired) electrons. The lowest BCUT2D eigenvalue weighted by atomic mass is 10.1. The Morgan fingerprint density at radius 2 is 1.64 bits per heavy atom. The Labute approximate surface area is 170 Å². The van der Waals surface area contributed by atoms with Gasteiger partial charge in [0.15, 0.2) is 5.11 Å². The lowest BCUT2D eigenvalue weighted by Crippen LogP contribution is -2.35. The maximum absolute atomic E-state index is 12.5. The SMILES string of the molecule is CCCCNC(=O)c1ccccc1NC(=S)NC(=O)c1ccccc1OCC. The molecular formula is C21H25N3O3S. The highest BCUT2D eigenvalue weighted by molar-refractivity contribution is 7.80. The van der Waals surface area contributed by atoms with Crippen LogP contribution < -0.4 is 20.7 Å². The van der Waals surface area contributed by atoms with Gasteiger partial charge in [0.25, 0.3) is 11.8 Å². The molecule has 0 unspecified atom stereocenters. The third kappa shape index (κ3) is 6.06. The number of ether oxygens (including phenoxy) is 1. The van der Waals surface area contributed by atoms with E-state index < -0.39 is 0 Å². The summed E-state index contributed by atoms with van der Waals surface area (Å²) in [5.74, 6) is -0.0835. The lowest BCUT2D eigenvalue weighted by molar-refractivity contribution is 0.0951. The van der Waals surface area contributed by atoms with Gasteiger partial charge in [-0.15, -0.1) is 0 Å². The van der Waals surface area contributed by atoms with Gasteiger partial charge in [-0.1, -0.05) is 37.6 Å². The van der Waals surface area contributed by atoms with E-state index in [0.29, 0.717) is 35.7 Å². The molecule has 0 atom stereocenters. The first-order chi connectivity index (χ1) is 13.6. The summed E-state index contributed by atoms with van der Waals surface area (Å²) in [6, 6.07) is 14.0. The van der Waals surface area contributed by atoms with Crippen LogP contribution in [0.25, 0.3) is 0 Å². The molecule has 3 N–H and O–H groups in total. The number of amides is 2. The fourth-order valence-electron chi connectivity index (χ4n) is 2.52. The fourth-order valence-corrected chi connectivity index (χ4v) is 2.73. The van der Waals surface area contributed by atoms with Gasteiger partial charge in [-0.2, -0.15) is 0 Å². The number of hydrogen-bond donors (Lipinski definition) is 3. The fraction of sp³-hybridized carbons (Fsp3) is 0.286. The number of carbonyl (C=O) groups is 2. The number of para-hydroxylation sites is 2. The first kappa shape index (κ1) is 21.4. The molecule has 2 amide bonds. The Hall–Kier alpha value is -2.93. The Morgan fingerprint density at radius 3 is 2.36 bits per heavy atom.